The normalized spacial score (nSPS) is 13.5. The maximum absolute atomic E-state index is 12.9. The molecule has 0 saturated heterocycles. The Morgan fingerprint density at radius 1 is 1.37 bits per heavy atom. The summed E-state index contributed by atoms with van der Waals surface area (Å²) in [6.07, 6.45) is 0. The Kier molecular flexibility index (Phi) is 3.64. The second-order valence-electron chi connectivity index (χ2n) is 4.88. The van der Waals surface area contributed by atoms with E-state index in [-0.39, 0.29) is 18.3 Å². The molecule has 102 valence electrons. The Hall–Kier alpha value is -1.79. The molecule has 0 spiro atoms. The molecule has 1 aromatic heterocycles. The highest BCUT2D eigenvalue weighted by Gasteiger charge is 2.29. The average Bonchev–Trinajstić information content (AvgIpc) is 2.88. The molecule has 2 rings (SSSR count). The Bertz CT molecular complexity index is 551. The molecule has 1 heterocycles. The lowest BCUT2D eigenvalue weighted by Crippen LogP contribution is -2.21. The van der Waals surface area contributed by atoms with Gasteiger partial charge in [0.1, 0.15) is 11.9 Å². The minimum Gasteiger partial charge on any atom is -0.394 e. The number of aliphatic hydroxyl groups is 1. The molecule has 0 radical (unpaired) electrons. The first kappa shape index (κ1) is 13.6. The highest BCUT2D eigenvalue weighted by atomic mass is 19.1. The number of nitrogens with zero attached hydrogens (tertiary/aromatic N) is 2. The predicted octanol–water partition coefficient (Wildman–Crippen LogP) is 1.53. The van der Waals surface area contributed by atoms with Crippen molar-refractivity contribution in [1.82, 2.24) is 10.1 Å². The number of benzene rings is 1. The van der Waals surface area contributed by atoms with Gasteiger partial charge in [0.2, 0.25) is 5.89 Å². The van der Waals surface area contributed by atoms with Crippen LogP contribution in [0.2, 0.25) is 0 Å². The zero-order valence-electron chi connectivity index (χ0n) is 10.8. The largest absolute Gasteiger partial charge is 0.394 e. The van der Waals surface area contributed by atoms with E-state index < -0.39 is 11.5 Å². The molecule has 0 amide bonds. The number of nitrogens with two attached hydrogens (primary N) is 1. The van der Waals surface area contributed by atoms with Crippen LogP contribution in [0, 0.1) is 5.82 Å². The van der Waals surface area contributed by atoms with Crippen LogP contribution >= 0.6 is 0 Å². The van der Waals surface area contributed by atoms with E-state index in [2.05, 4.69) is 10.1 Å². The van der Waals surface area contributed by atoms with Crippen molar-refractivity contribution in [2.75, 3.05) is 6.61 Å². The summed E-state index contributed by atoms with van der Waals surface area (Å²) < 4.78 is 18.0. The van der Waals surface area contributed by atoms with Gasteiger partial charge >= 0.3 is 0 Å². The van der Waals surface area contributed by atoms with E-state index in [9.17, 15) is 4.39 Å². The molecule has 0 aliphatic carbocycles. The van der Waals surface area contributed by atoms with Crippen LogP contribution in [0.1, 0.15) is 37.2 Å². The van der Waals surface area contributed by atoms with Crippen LogP contribution in [0.3, 0.4) is 0 Å². The number of halogens is 1. The first-order valence-electron chi connectivity index (χ1n) is 5.91. The Labute approximate surface area is 110 Å². The lowest BCUT2D eigenvalue weighted by atomic mass is 9.84. The molecular weight excluding hydrogens is 249 g/mol. The monoisotopic (exact) mass is 265 g/mol. The maximum atomic E-state index is 12.9. The lowest BCUT2D eigenvalue weighted by Gasteiger charge is -2.20. The Morgan fingerprint density at radius 2 is 2.00 bits per heavy atom. The summed E-state index contributed by atoms with van der Waals surface area (Å²) in [4.78, 5) is 4.19. The third-order valence-corrected chi connectivity index (χ3v) is 3.08. The van der Waals surface area contributed by atoms with E-state index in [4.69, 9.17) is 15.4 Å². The molecule has 0 saturated carbocycles. The van der Waals surface area contributed by atoms with Gasteiger partial charge in [0, 0.05) is 0 Å². The van der Waals surface area contributed by atoms with E-state index in [1.165, 1.54) is 12.1 Å². The van der Waals surface area contributed by atoms with E-state index >= 15 is 0 Å². The fourth-order valence-corrected chi connectivity index (χ4v) is 1.71. The summed E-state index contributed by atoms with van der Waals surface area (Å²) >= 11 is 0. The van der Waals surface area contributed by atoms with Crippen LogP contribution in [-0.4, -0.2) is 21.9 Å². The third kappa shape index (κ3) is 2.64. The standard InChI is InChI=1S/C13H16FN3O2/c1-13(2,8-3-5-9(14)6-4-8)12-16-11(19-17-12)10(15)7-18/h3-6,10,18H,7,15H2,1-2H3/t10-/m1/s1. The first-order chi connectivity index (χ1) is 8.95. The van der Waals surface area contributed by atoms with Gasteiger partial charge in [-0.15, -0.1) is 0 Å². The quantitative estimate of drug-likeness (QED) is 0.875. The Balaban J connectivity index is 2.33. The summed E-state index contributed by atoms with van der Waals surface area (Å²) in [5.41, 5.74) is 5.94. The predicted molar refractivity (Wildman–Crippen MR) is 66.8 cm³/mol. The van der Waals surface area contributed by atoms with Gasteiger partial charge in [0.05, 0.1) is 12.0 Å². The van der Waals surface area contributed by atoms with Crippen molar-refractivity contribution in [1.29, 1.82) is 0 Å². The van der Waals surface area contributed by atoms with E-state index in [1.807, 2.05) is 13.8 Å². The molecule has 2 aromatic rings. The van der Waals surface area contributed by atoms with Crippen molar-refractivity contribution in [3.05, 3.63) is 47.4 Å². The van der Waals surface area contributed by atoms with Crippen LogP contribution < -0.4 is 5.73 Å². The molecular formula is C13H16FN3O2. The van der Waals surface area contributed by atoms with Crippen LogP contribution in [0.25, 0.3) is 0 Å². The zero-order valence-corrected chi connectivity index (χ0v) is 10.8. The fraction of sp³-hybridized carbons (Fsp3) is 0.385. The molecule has 19 heavy (non-hydrogen) atoms. The number of aliphatic hydroxyl groups excluding tert-OH is 1. The summed E-state index contributed by atoms with van der Waals surface area (Å²) in [7, 11) is 0. The van der Waals surface area contributed by atoms with Gasteiger partial charge in [0.15, 0.2) is 5.82 Å². The van der Waals surface area contributed by atoms with Gasteiger partial charge in [-0.3, -0.25) is 0 Å². The molecule has 0 fully saturated rings. The van der Waals surface area contributed by atoms with Gasteiger partial charge in [-0.05, 0) is 31.5 Å². The fourth-order valence-electron chi connectivity index (χ4n) is 1.71. The first-order valence-corrected chi connectivity index (χ1v) is 5.91. The van der Waals surface area contributed by atoms with Crippen LogP contribution in [0.4, 0.5) is 4.39 Å². The van der Waals surface area contributed by atoms with Crippen LogP contribution in [-0.2, 0) is 5.41 Å². The van der Waals surface area contributed by atoms with E-state index in [0.29, 0.717) is 5.82 Å². The lowest BCUT2D eigenvalue weighted by molar-refractivity contribution is 0.236. The second-order valence-corrected chi connectivity index (χ2v) is 4.88. The van der Waals surface area contributed by atoms with Gasteiger partial charge in [0.25, 0.3) is 0 Å². The molecule has 1 atom stereocenters. The van der Waals surface area contributed by atoms with Gasteiger partial charge in [-0.2, -0.15) is 4.98 Å². The highest BCUT2D eigenvalue weighted by molar-refractivity contribution is 5.30. The van der Waals surface area contributed by atoms with Crippen molar-refractivity contribution in [3.63, 3.8) is 0 Å². The number of rotatable bonds is 4. The van der Waals surface area contributed by atoms with Crippen molar-refractivity contribution >= 4 is 0 Å². The van der Waals surface area contributed by atoms with Gasteiger partial charge < -0.3 is 15.4 Å². The minimum absolute atomic E-state index is 0.188. The SMILES string of the molecule is CC(C)(c1ccc(F)cc1)c1noc([C@H](N)CO)n1. The Morgan fingerprint density at radius 3 is 2.58 bits per heavy atom. The summed E-state index contributed by atoms with van der Waals surface area (Å²) in [5.74, 6) is 0.335. The second kappa shape index (κ2) is 5.07. The zero-order chi connectivity index (χ0) is 14.0. The molecule has 1 aromatic carbocycles. The number of hydrogen-bond acceptors (Lipinski definition) is 5. The number of aromatic nitrogens is 2. The summed E-state index contributed by atoms with van der Waals surface area (Å²) in [6.45, 7) is 3.54. The molecule has 3 N–H and O–H groups in total. The molecule has 6 heteroatoms. The average molecular weight is 265 g/mol. The van der Waals surface area contributed by atoms with Crippen molar-refractivity contribution in [3.8, 4) is 0 Å². The highest BCUT2D eigenvalue weighted by Crippen LogP contribution is 2.29. The van der Waals surface area contributed by atoms with Crippen LogP contribution in [0.5, 0.6) is 0 Å². The summed E-state index contributed by atoms with van der Waals surface area (Å²) in [6, 6.07) is 5.44. The molecule has 5 nitrogen and oxygen atoms in total. The van der Waals surface area contributed by atoms with Crippen molar-refractivity contribution < 1.29 is 14.0 Å². The third-order valence-electron chi connectivity index (χ3n) is 3.08. The van der Waals surface area contributed by atoms with E-state index in [1.54, 1.807) is 12.1 Å². The summed E-state index contributed by atoms with van der Waals surface area (Å²) in [5, 5.41) is 12.8. The van der Waals surface area contributed by atoms with Gasteiger partial charge in [-0.1, -0.05) is 17.3 Å². The molecule has 0 bridgehead atoms. The molecule has 0 aliphatic heterocycles. The topological polar surface area (TPSA) is 85.2 Å². The van der Waals surface area contributed by atoms with Crippen molar-refractivity contribution in [2.24, 2.45) is 5.73 Å². The minimum atomic E-state index is -0.690. The van der Waals surface area contributed by atoms with Crippen molar-refractivity contribution in [2.45, 2.75) is 25.3 Å². The molecule has 0 unspecified atom stereocenters. The van der Waals surface area contributed by atoms with Crippen LogP contribution in [0.15, 0.2) is 28.8 Å². The smallest absolute Gasteiger partial charge is 0.245 e. The van der Waals surface area contributed by atoms with Gasteiger partial charge in [-0.25, -0.2) is 4.39 Å². The molecule has 0 aliphatic rings. The maximum Gasteiger partial charge on any atom is 0.245 e. The number of hydrogen-bond donors (Lipinski definition) is 2. The van der Waals surface area contributed by atoms with E-state index in [0.717, 1.165) is 5.56 Å².